The molecule has 2 fully saturated rings. The van der Waals surface area contributed by atoms with Crippen LogP contribution in [0.3, 0.4) is 0 Å². The van der Waals surface area contributed by atoms with E-state index in [-0.39, 0.29) is 6.10 Å². The number of piperidine rings is 1. The van der Waals surface area contributed by atoms with Crippen LogP contribution in [0, 0.1) is 11.8 Å². The zero-order valence-electron chi connectivity index (χ0n) is 10.9. The van der Waals surface area contributed by atoms with E-state index < -0.39 is 0 Å². The van der Waals surface area contributed by atoms with Gasteiger partial charge >= 0.3 is 0 Å². The van der Waals surface area contributed by atoms with E-state index in [1.165, 1.54) is 45.2 Å². The maximum Gasteiger partial charge on any atom is 0.0695 e. The Labute approximate surface area is 100 Å². The molecule has 0 spiro atoms. The lowest BCUT2D eigenvalue weighted by atomic mass is 9.77. The Bertz CT molecular complexity index is 211. The summed E-state index contributed by atoms with van der Waals surface area (Å²) in [7, 11) is 0. The van der Waals surface area contributed by atoms with Crippen molar-refractivity contribution in [2.24, 2.45) is 11.8 Å². The topological polar surface area (TPSA) is 23.5 Å². The minimum atomic E-state index is -0.0619. The lowest BCUT2D eigenvalue weighted by Crippen LogP contribution is -2.49. The van der Waals surface area contributed by atoms with Crippen LogP contribution in [-0.2, 0) is 0 Å². The van der Waals surface area contributed by atoms with Gasteiger partial charge in [-0.2, -0.15) is 0 Å². The zero-order chi connectivity index (χ0) is 11.5. The third-order valence-corrected chi connectivity index (χ3v) is 4.62. The van der Waals surface area contributed by atoms with Gasteiger partial charge in [-0.25, -0.2) is 0 Å². The summed E-state index contributed by atoms with van der Waals surface area (Å²) in [5.74, 6) is 1.61. The minimum absolute atomic E-state index is 0.0619. The summed E-state index contributed by atoms with van der Waals surface area (Å²) >= 11 is 0. The molecule has 0 aromatic rings. The van der Waals surface area contributed by atoms with Crippen LogP contribution in [0.2, 0.25) is 0 Å². The number of likely N-dealkylation sites (tertiary alicyclic amines) is 1. The lowest BCUT2D eigenvalue weighted by Gasteiger charge is -2.43. The molecule has 1 saturated heterocycles. The van der Waals surface area contributed by atoms with E-state index >= 15 is 0 Å². The Morgan fingerprint density at radius 3 is 2.38 bits per heavy atom. The van der Waals surface area contributed by atoms with Crippen molar-refractivity contribution in [1.29, 1.82) is 0 Å². The van der Waals surface area contributed by atoms with E-state index in [2.05, 4.69) is 18.7 Å². The molecule has 16 heavy (non-hydrogen) atoms. The number of rotatable bonds is 2. The van der Waals surface area contributed by atoms with Crippen molar-refractivity contribution in [3.63, 3.8) is 0 Å². The summed E-state index contributed by atoms with van der Waals surface area (Å²) in [4.78, 5) is 2.56. The van der Waals surface area contributed by atoms with Crippen molar-refractivity contribution in [1.82, 2.24) is 4.90 Å². The fourth-order valence-corrected chi connectivity index (χ4v) is 3.41. The first kappa shape index (κ1) is 12.4. The Hall–Kier alpha value is -0.0800. The summed E-state index contributed by atoms with van der Waals surface area (Å²) in [5, 5.41) is 10.2. The molecule has 1 heterocycles. The number of hydrogen-bond donors (Lipinski definition) is 1. The van der Waals surface area contributed by atoms with E-state index in [1.54, 1.807) is 0 Å². The Morgan fingerprint density at radius 1 is 1.06 bits per heavy atom. The zero-order valence-corrected chi connectivity index (χ0v) is 10.9. The molecule has 3 unspecified atom stereocenters. The van der Waals surface area contributed by atoms with Gasteiger partial charge in [0.05, 0.1) is 6.10 Å². The standard InChI is InChI=1S/C14H27NO/c1-11(2)12-6-7-14(16)13(10-12)15-8-4-3-5-9-15/h11-14,16H,3-10H2,1-2H3. The van der Waals surface area contributed by atoms with E-state index in [0.717, 1.165) is 18.3 Å². The van der Waals surface area contributed by atoms with Crippen molar-refractivity contribution in [2.75, 3.05) is 13.1 Å². The smallest absolute Gasteiger partial charge is 0.0695 e. The quantitative estimate of drug-likeness (QED) is 0.781. The first-order valence-electron chi connectivity index (χ1n) is 7.10. The maximum atomic E-state index is 10.2. The van der Waals surface area contributed by atoms with Gasteiger partial charge in [0.2, 0.25) is 0 Å². The molecule has 1 aliphatic carbocycles. The van der Waals surface area contributed by atoms with Crippen LogP contribution in [0.5, 0.6) is 0 Å². The van der Waals surface area contributed by atoms with Gasteiger partial charge in [0.25, 0.3) is 0 Å². The number of aliphatic hydroxyl groups is 1. The normalized spacial score (nSPS) is 37.9. The Balaban J connectivity index is 1.94. The van der Waals surface area contributed by atoms with Gasteiger partial charge in [-0.1, -0.05) is 20.3 Å². The molecule has 0 aromatic carbocycles. The molecule has 1 aliphatic heterocycles. The van der Waals surface area contributed by atoms with Crippen LogP contribution >= 0.6 is 0 Å². The predicted octanol–water partition coefficient (Wildman–Crippen LogP) is 2.66. The molecule has 0 aromatic heterocycles. The molecule has 2 nitrogen and oxygen atoms in total. The van der Waals surface area contributed by atoms with E-state index in [4.69, 9.17) is 0 Å². The summed E-state index contributed by atoms with van der Waals surface area (Å²) in [6.45, 7) is 7.09. The van der Waals surface area contributed by atoms with Gasteiger partial charge in [-0.15, -0.1) is 0 Å². The Morgan fingerprint density at radius 2 is 1.75 bits per heavy atom. The molecule has 2 aliphatic rings. The highest BCUT2D eigenvalue weighted by molar-refractivity contribution is 4.88. The van der Waals surface area contributed by atoms with Crippen LogP contribution in [-0.4, -0.2) is 35.2 Å². The number of hydrogen-bond acceptors (Lipinski definition) is 2. The minimum Gasteiger partial charge on any atom is -0.391 e. The fraction of sp³-hybridized carbons (Fsp3) is 1.00. The Kier molecular flexibility index (Phi) is 4.26. The molecule has 1 N–H and O–H groups in total. The molecule has 2 heteroatoms. The van der Waals surface area contributed by atoms with Crippen molar-refractivity contribution in [2.45, 2.75) is 64.5 Å². The maximum absolute atomic E-state index is 10.2. The van der Waals surface area contributed by atoms with E-state index in [9.17, 15) is 5.11 Å². The van der Waals surface area contributed by atoms with Crippen LogP contribution in [0.15, 0.2) is 0 Å². The number of aliphatic hydroxyl groups excluding tert-OH is 1. The molecule has 0 amide bonds. The van der Waals surface area contributed by atoms with Crippen LogP contribution in [0.4, 0.5) is 0 Å². The third-order valence-electron chi connectivity index (χ3n) is 4.62. The molecule has 94 valence electrons. The summed E-state index contributed by atoms with van der Waals surface area (Å²) in [5.41, 5.74) is 0. The van der Waals surface area contributed by atoms with Gasteiger partial charge in [0.15, 0.2) is 0 Å². The van der Waals surface area contributed by atoms with Crippen molar-refractivity contribution in [3.8, 4) is 0 Å². The predicted molar refractivity (Wildman–Crippen MR) is 67.4 cm³/mol. The average Bonchev–Trinajstić information content (AvgIpc) is 2.30. The lowest BCUT2D eigenvalue weighted by molar-refractivity contribution is -0.0115. The first-order valence-corrected chi connectivity index (χ1v) is 7.10. The van der Waals surface area contributed by atoms with Crippen molar-refractivity contribution < 1.29 is 5.11 Å². The third kappa shape index (κ3) is 2.78. The molecule has 2 rings (SSSR count). The van der Waals surface area contributed by atoms with Crippen molar-refractivity contribution >= 4 is 0 Å². The monoisotopic (exact) mass is 225 g/mol. The van der Waals surface area contributed by atoms with Gasteiger partial charge in [0, 0.05) is 6.04 Å². The van der Waals surface area contributed by atoms with Gasteiger partial charge in [-0.3, -0.25) is 4.90 Å². The van der Waals surface area contributed by atoms with Gasteiger partial charge < -0.3 is 5.11 Å². The first-order chi connectivity index (χ1) is 7.68. The molecule has 1 saturated carbocycles. The SMILES string of the molecule is CC(C)C1CCC(O)C(N2CCCCC2)C1. The van der Waals surface area contributed by atoms with Crippen LogP contribution < -0.4 is 0 Å². The largest absolute Gasteiger partial charge is 0.391 e. The van der Waals surface area contributed by atoms with Crippen molar-refractivity contribution in [3.05, 3.63) is 0 Å². The second-order valence-electron chi connectivity index (χ2n) is 6.05. The second-order valence-corrected chi connectivity index (χ2v) is 6.05. The highest BCUT2D eigenvalue weighted by atomic mass is 16.3. The molecule has 3 atom stereocenters. The average molecular weight is 225 g/mol. The highest BCUT2D eigenvalue weighted by Gasteiger charge is 2.34. The number of nitrogens with zero attached hydrogens (tertiary/aromatic N) is 1. The molecule has 0 bridgehead atoms. The van der Waals surface area contributed by atoms with Gasteiger partial charge in [-0.05, 0) is 57.0 Å². The second kappa shape index (κ2) is 5.50. The summed E-state index contributed by atoms with van der Waals surface area (Å²) < 4.78 is 0. The van der Waals surface area contributed by atoms with Crippen LogP contribution in [0.1, 0.15) is 52.4 Å². The molecular formula is C14H27NO. The van der Waals surface area contributed by atoms with E-state index in [0.29, 0.717) is 6.04 Å². The summed E-state index contributed by atoms with van der Waals surface area (Å²) in [6, 6.07) is 0.460. The highest BCUT2D eigenvalue weighted by Crippen LogP contribution is 2.33. The molecular weight excluding hydrogens is 198 g/mol. The summed E-state index contributed by atoms with van der Waals surface area (Å²) in [6.07, 6.45) is 7.44. The van der Waals surface area contributed by atoms with Crippen LogP contribution in [0.25, 0.3) is 0 Å². The van der Waals surface area contributed by atoms with E-state index in [1.807, 2.05) is 0 Å². The van der Waals surface area contributed by atoms with Gasteiger partial charge in [0.1, 0.15) is 0 Å². The fourth-order valence-electron chi connectivity index (χ4n) is 3.41. The molecule has 0 radical (unpaired) electrons.